The molecule has 0 saturated heterocycles. The van der Waals surface area contributed by atoms with Gasteiger partial charge in [-0.1, -0.05) is 133 Å². The predicted octanol–water partition coefficient (Wildman–Crippen LogP) is 16.2. The highest BCUT2D eigenvalue weighted by Gasteiger charge is 2.23. The van der Waals surface area contributed by atoms with Gasteiger partial charge in [-0.25, -0.2) is 15.0 Å². The van der Waals surface area contributed by atoms with Crippen LogP contribution in [0.4, 0.5) is 0 Å². The van der Waals surface area contributed by atoms with Crippen molar-refractivity contribution in [2.24, 2.45) is 0 Å². The molecule has 0 aliphatic carbocycles. The molecule has 14 aromatic rings. The minimum atomic E-state index is 0.595. The lowest BCUT2D eigenvalue weighted by atomic mass is 9.93. The molecule has 302 valence electrons. The Morgan fingerprint density at radius 2 is 0.985 bits per heavy atom. The molecule has 0 unspecified atom stereocenters. The summed E-state index contributed by atoms with van der Waals surface area (Å²) in [4.78, 5) is 15.7. The Hall–Kier alpha value is -8.45. The van der Waals surface area contributed by atoms with Crippen LogP contribution >= 0.6 is 11.3 Å². The number of aromatic nitrogens is 4. The highest BCUT2D eigenvalue weighted by molar-refractivity contribution is 7.26. The van der Waals surface area contributed by atoms with Gasteiger partial charge in [0.25, 0.3) is 0 Å². The SMILES string of the molecule is c1ccc(-c2nc(-c3ccc(-n4c5ccccc5c5cc6ccccc6cc54)c(-c4cc5ccccc5c5sc6ccccc6c45)c3)nc(-c3ccc4oc5ccccc5c4c3)n2)cc1. The molecule has 4 heterocycles. The van der Waals surface area contributed by atoms with Crippen LogP contribution in [-0.2, 0) is 0 Å². The van der Waals surface area contributed by atoms with Crippen molar-refractivity contribution in [1.29, 1.82) is 0 Å². The summed E-state index contributed by atoms with van der Waals surface area (Å²) < 4.78 is 11.2. The van der Waals surface area contributed by atoms with Gasteiger partial charge in [0.2, 0.25) is 0 Å². The first kappa shape index (κ1) is 36.1. The number of thiophene rings is 1. The summed E-state index contributed by atoms with van der Waals surface area (Å²) >= 11 is 1.87. The fraction of sp³-hybridized carbons (Fsp3) is 0. The number of rotatable bonds is 5. The summed E-state index contributed by atoms with van der Waals surface area (Å²) in [6, 6.07) is 73.5. The molecule has 0 bridgehead atoms. The van der Waals surface area contributed by atoms with Gasteiger partial charge in [-0.3, -0.25) is 0 Å². The van der Waals surface area contributed by atoms with Gasteiger partial charge in [-0.15, -0.1) is 11.3 Å². The van der Waals surface area contributed by atoms with E-state index in [4.69, 9.17) is 19.4 Å². The lowest BCUT2D eigenvalue weighted by molar-refractivity contribution is 0.669. The van der Waals surface area contributed by atoms with Gasteiger partial charge in [-0.05, 0) is 99.9 Å². The largest absolute Gasteiger partial charge is 0.456 e. The number of fused-ring (bicyclic) bond motifs is 12. The van der Waals surface area contributed by atoms with Crippen molar-refractivity contribution in [3.05, 3.63) is 206 Å². The average Bonchev–Trinajstić information content (AvgIpc) is 4.05. The number of para-hydroxylation sites is 2. The van der Waals surface area contributed by atoms with Crippen LogP contribution < -0.4 is 0 Å². The van der Waals surface area contributed by atoms with Gasteiger partial charge in [0.15, 0.2) is 17.5 Å². The molecule has 65 heavy (non-hydrogen) atoms. The van der Waals surface area contributed by atoms with Crippen LogP contribution in [0.2, 0.25) is 0 Å². The maximum Gasteiger partial charge on any atom is 0.164 e. The molecule has 14 rings (SSSR count). The fourth-order valence-corrected chi connectivity index (χ4v) is 11.3. The molecule has 0 atom stereocenters. The van der Waals surface area contributed by atoms with Crippen molar-refractivity contribution in [2.75, 3.05) is 0 Å². The number of benzene rings is 10. The number of hydrogen-bond donors (Lipinski definition) is 0. The van der Waals surface area contributed by atoms with Crippen LogP contribution in [0.5, 0.6) is 0 Å². The van der Waals surface area contributed by atoms with Gasteiger partial charge < -0.3 is 8.98 Å². The third-order valence-electron chi connectivity index (χ3n) is 13.0. The molecule has 0 N–H and O–H groups in total. The smallest absolute Gasteiger partial charge is 0.164 e. The molecule has 0 aliphatic heterocycles. The molecular weight excluding hydrogens is 813 g/mol. The Kier molecular flexibility index (Phi) is 7.79. The van der Waals surface area contributed by atoms with E-state index in [1.54, 1.807) is 0 Å². The van der Waals surface area contributed by atoms with E-state index in [1.807, 2.05) is 59.9 Å². The van der Waals surface area contributed by atoms with Crippen LogP contribution in [-0.4, -0.2) is 19.5 Å². The fourth-order valence-electron chi connectivity index (χ4n) is 9.99. The molecule has 0 saturated carbocycles. The van der Waals surface area contributed by atoms with Gasteiger partial charge in [0.1, 0.15) is 11.2 Å². The van der Waals surface area contributed by atoms with Gasteiger partial charge in [0, 0.05) is 64.0 Å². The highest BCUT2D eigenvalue weighted by atomic mass is 32.1. The predicted molar refractivity (Wildman–Crippen MR) is 271 cm³/mol. The van der Waals surface area contributed by atoms with Gasteiger partial charge in [-0.2, -0.15) is 0 Å². The molecule has 4 aromatic heterocycles. The van der Waals surface area contributed by atoms with E-state index in [9.17, 15) is 0 Å². The Morgan fingerprint density at radius 3 is 1.82 bits per heavy atom. The summed E-state index contributed by atoms with van der Waals surface area (Å²) in [6.45, 7) is 0. The zero-order chi connectivity index (χ0) is 42.6. The summed E-state index contributed by atoms with van der Waals surface area (Å²) in [5.74, 6) is 1.80. The molecule has 0 aliphatic rings. The number of hydrogen-bond acceptors (Lipinski definition) is 5. The quantitative estimate of drug-likeness (QED) is 0.173. The van der Waals surface area contributed by atoms with Crippen molar-refractivity contribution in [3.8, 4) is 51.0 Å². The number of furan rings is 1. The Morgan fingerprint density at radius 1 is 0.369 bits per heavy atom. The molecular formula is C59H34N4OS. The first-order valence-corrected chi connectivity index (χ1v) is 22.7. The molecule has 0 amide bonds. The van der Waals surface area contributed by atoms with E-state index in [1.165, 1.54) is 52.5 Å². The number of nitrogens with zero attached hydrogens (tertiary/aromatic N) is 4. The monoisotopic (exact) mass is 846 g/mol. The highest BCUT2D eigenvalue weighted by Crippen LogP contribution is 2.47. The van der Waals surface area contributed by atoms with E-state index in [2.05, 4.69) is 162 Å². The summed E-state index contributed by atoms with van der Waals surface area (Å²) in [6.07, 6.45) is 0. The molecule has 5 nitrogen and oxygen atoms in total. The van der Waals surface area contributed by atoms with Crippen LogP contribution in [0.15, 0.2) is 211 Å². The summed E-state index contributed by atoms with van der Waals surface area (Å²) in [5, 5.41) is 11.9. The zero-order valence-electron chi connectivity index (χ0n) is 34.7. The average molecular weight is 847 g/mol. The second-order valence-electron chi connectivity index (χ2n) is 16.7. The second-order valence-corrected chi connectivity index (χ2v) is 17.8. The van der Waals surface area contributed by atoms with Gasteiger partial charge >= 0.3 is 0 Å². The molecule has 0 spiro atoms. The zero-order valence-corrected chi connectivity index (χ0v) is 35.6. The molecule has 10 aromatic carbocycles. The minimum Gasteiger partial charge on any atom is -0.456 e. The summed E-state index contributed by atoms with van der Waals surface area (Å²) in [7, 11) is 0. The first-order valence-electron chi connectivity index (χ1n) is 21.8. The van der Waals surface area contributed by atoms with Crippen LogP contribution in [0.3, 0.4) is 0 Å². The second kappa shape index (κ2) is 14.0. The maximum atomic E-state index is 6.22. The Bertz CT molecular complexity index is 4260. The molecule has 6 heteroatoms. The lowest BCUT2D eigenvalue weighted by Crippen LogP contribution is -2.02. The lowest BCUT2D eigenvalue weighted by Gasteiger charge is -2.18. The van der Waals surface area contributed by atoms with Crippen molar-refractivity contribution in [3.63, 3.8) is 0 Å². The Balaban J connectivity index is 1.08. The minimum absolute atomic E-state index is 0.595. The maximum absolute atomic E-state index is 6.22. The summed E-state index contributed by atoms with van der Waals surface area (Å²) in [5.41, 5.74) is 10.0. The van der Waals surface area contributed by atoms with E-state index >= 15 is 0 Å². The standard InChI is InChI=1S/C59H34N4OS/c1-2-14-35(15-3-1)57-60-58(62-59(61-57)40-27-29-53-47(33-40)43-21-9-12-24-52(43)64-53)39-26-28-50(63-49-23-11-8-20-42(49)45-30-36-16-4-5-17-37(36)34-51(45)63)46(32-39)48-31-38-18-6-7-19-41(38)56-55(48)44-22-10-13-25-54(44)65-56/h1-34H. The van der Waals surface area contributed by atoms with Crippen molar-refractivity contribution in [2.45, 2.75) is 0 Å². The van der Waals surface area contributed by atoms with Crippen molar-refractivity contribution in [1.82, 2.24) is 19.5 Å². The van der Waals surface area contributed by atoms with E-state index in [0.29, 0.717) is 17.5 Å². The normalized spacial score (nSPS) is 12.0. The van der Waals surface area contributed by atoms with E-state index in [-0.39, 0.29) is 0 Å². The van der Waals surface area contributed by atoms with Crippen LogP contribution in [0.25, 0.3) is 136 Å². The van der Waals surface area contributed by atoms with Crippen LogP contribution in [0.1, 0.15) is 0 Å². The van der Waals surface area contributed by atoms with E-state index in [0.717, 1.165) is 66.5 Å². The topological polar surface area (TPSA) is 56.7 Å². The first-order chi connectivity index (χ1) is 32.2. The van der Waals surface area contributed by atoms with Crippen LogP contribution in [0, 0.1) is 0 Å². The van der Waals surface area contributed by atoms with Crippen molar-refractivity contribution < 1.29 is 4.42 Å². The third-order valence-corrected chi connectivity index (χ3v) is 14.2. The molecule has 0 fully saturated rings. The van der Waals surface area contributed by atoms with Gasteiger partial charge in [0.05, 0.1) is 16.7 Å². The van der Waals surface area contributed by atoms with E-state index < -0.39 is 0 Å². The third kappa shape index (κ3) is 5.61. The molecule has 0 radical (unpaired) electrons. The Labute approximate surface area is 376 Å². The van der Waals surface area contributed by atoms with Crippen molar-refractivity contribution >= 4 is 96.8 Å².